The standard InChI is InChI=1S/C32H26F2IN5O4S/c1-2-43-26-10-12-40(22-6-3-20(33)4-7-22)31(35)29(26)32(42)38-21-5-8-25(23(34)15-21)44-27-9-11-36-24-16-28(45-30(24)27)19-17-37-39(18-19)13-14-41/h3-12,15-18,31,41H,2,13-14H2,1H3,(H,38,42). The average Bonchev–Trinajstić information content (AvgIpc) is 3.67. The number of aliphatic hydroxyl groups excluding tert-OH is 1. The Bertz CT molecular complexity index is 1920. The maximum absolute atomic E-state index is 15.4. The third-order valence-corrected chi connectivity index (χ3v) is 9.25. The second-order valence-corrected chi connectivity index (χ2v) is 12.0. The summed E-state index contributed by atoms with van der Waals surface area (Å²) in [6.45, 7) is 2.54. The summed E-state index contributed by atoms with van der Waals surface area (Å²) in [5, 5.41) is 16.2. The molecular formula is C32H26F2IN5O4S. The highest BCUT2D eigenvalue weighted by Crippen LogP contribution is 2.40. The Balaban J connectivity index is 1.21. The molecule has 9 nitrogen and oxygen atoms in total. The summed E-state index contributed by atoms with van der Waals surface area (Å²) < 4.78 is 42.5. The number of carbonyl (C=O) groups is 1. The summed E-state index contributed by atoms with van der Waals surface area (Å²) in [5.41, 5.74) is 2.82. The lowest BCUT2D eigenvalue weighted by atomic mass is 10.1. The predicted molar refractivity (Wildman–Crippen MR) is 178 cm³/mol. The SMILES string of the molecule is CCOC1=C(C(=O)Nc2ccc(Oc3ccnc4cc(-c5cnn(CCO)c5)sc34)c(F)c2)C(I)N(c2ccc(F)cc2)C=C1. The molecule has 1 aliphatic heterocycles. The van der Waals surface area contributed by atoms with Crippen LogP contribution in [0, 0.1) is 11.6 Å². The smallest absolute Gasteiger partial charge is 0.258 e. The molecular weight excluding hydrogens is 715 g/mol. The van der Waals surface area contributed by atoms with Gasteiger partial charge in [0.15, 0.2) is 11.6 Å². The number of amides is 1. The van der Waals surface area contributed by atoms with Gasteiger partial charge in [0.25, 0.3) is 5.91 Å². The molecule has 230 valence electrons. The second-order valence-electron chi connectivity index (χ2n) is 9.80. The second kappa shape index (κ2) is 13.3. The van der Waals surface area contributed by atoms with Crippen LogP contribution in [0.25, 0.3) is 20.7 Å². The lowest BCUT2D eigenvalue weighted by Gasteiger charge is -2.32. The number of anilines is 2. The number of benzene rings is 2. The first-order valence-corrected chi connectivity index (χ1v) is 15.9. The molecule has 2 N–H and O–H groups in total. The van der Waals surface area contributed by atoms with Gasteiger partial charge in [-0.25, -0.2) is 8.78 Å². The number of fused-ring (bicyclic) bond motifs is 1. The fraction of sp³-hybridized carbons (Fsp3) is 0.156. The van der Waals surface area contributed by atoms with Crippen molar-refractivity contribution in [3.63, 3.8) is 0 Å². The van der Waals surface area contributed by atoms with E-state index in [0.29, 0.717) is 41.4 Å². The molecule has 1 atom stereocenters. The molecule has 0 fully saturated rings. The number of rotatable bonds is 10. The molecule has 5 aromatic rings. The molecule has 1 amide bonds. The van der Waals surface area contributed by atoms with E-state index in [2.05, 4.69) is 38.0 Å². The van der Waals surface area contributed by atoms with Gasteiger partial charge in [-0.05, 0) is 55.5 Å². The number of ether oxygens (including phenoxy) is 2. The number of nitrogens with one attached hydrogen (secondary N) is 1. The lowest BCUT2D eigenvalue weighted by molar-refractivity contribution is -0.113. The van der Waals surface area contributed by atoms with Gasteiger partial charge in [0.2, 0.25) is 0 Å². The third kappa shape index (κ3) is 6.55. The first kappa shape index (κ1) is 30.7. The van der Waals surface area contributed by atoms with E-state index in [1.807, 2.05) is 24.1 Å². The van der Waals surface area contributed by atoms with Crippen molar-refractivity contribution in [2.75, 3.05) is 23.4 Å². The molecule has 0 aliphatic carbocycles. The van der Waals surface area contributed by atoms with E-state index in [4.69, 9.17) is 9.47 Å². The minimum atomic E-state index is -0.665. The summed E-state index contributed by atoms with van der Waals surface area (Å²) in [4.78, 5) is 20.7. The summed E-state index contributed by atoms with van der Waals surface area (Å²) in [6, 6.07) is 13.7. The highest BCUT2D eigenvalue weighted by atomic mass is 127. The number of alkyl halides is 1. The Labute approximate surface area is 274 Å². The number of aromatic nitrogens is 3. The van der Waals surface area contributed by atoms with E-state index >= 15 is 4.39 Å². The van der Waals surface area contributed by atoms with Crippen LogP contribution in [0.5, 0.6) is 11.5 Å². The molecule has 45 heavy (non-hydrogen) atoms. The topological polar surface area (TPSA) is 102 Å². The molecule has 0 saturated carbocycles. The van der Waals surface area contributed by atoms with Gasteiger partial charge in [0, 0.05) is 52.5 Å². The van der Waals surface area contributed by atoms with Gasteiger partial charge in [-0.15, -0.1) is 11.3 Å². The van der Waals surface area contributed by atoms with Gasteiger partial charge in [-0.2, -0.15) is 5.10 Å². The van der Waals surface area contributed by atoms with Gasteiger partial charge in [-0.1, -0.05) is 22.6 Å². The van der Waals surface area contributed by atoms with Crippen molar-refractivity contribution < 1.29 is 28.2 Å². The third-order valence-electron chi connectivity index (χ3n) is 6.84. The van der Waals surface area contributed by atoms with Crippen molar-refractivity contribution in [2.45, 2.75) is 17.5 Å². The molecule has 1 unspecified atom stereocenters. The zero-order chi connectivity index (χ0) is 31.5. The molecule has 13 heteroatoms. The largest absolute Gasteiger partial charge is 0.493 e. The van der Waals surface area contributed by atoms with Crippen molar-refractivity contribution in [3.8, 4) is 21.9 Å². The minimum absolute atomic E-state index is 0.0143. The Morgan fingerprint density at radius 1 is 1.13 bits per heavy atom. The summed E-state index contributed by atoms with van der Waals surface area (Å²) >= 11 is 3.55. The number of allylic oxidation sites excluding steroid dienone is 1. The molecule has 0 spiro atoms. The Morgan fingerprint density at radius 3 is 2.71 bits per heavy atom. The van der Waals surface area contributed by atoms with Crippen molar-refractivity contribution in [1.29, 1.82) is 0 Å². The Kier molecular flexibility index (Phi) is 9.09. The zero-order valence-electron chi connectivity index (χ0n) is 23.8. The predicted octanol–water partition coefficient (Wildman–Crippen LogP) is 7.25. The molecule has 1 aliphatic rings. The van der Waals surface area contributed by atoms with Crippen LogP contribution in [0.4, 0.5) is 20.2 Å². The van der Waals surface area contributed by atoms with Gasteiger partial charge >= 0.3 is 0 Å². The van der Waals surface area contributed by atoms with Crippen LogP contribution in [-0.4, -0.2) is 43.0 Å². The average molecular weight is 742 g/mol. The van der Waals surface area contributed by atoms with E-state index in [0.717, 1.165) is 15.1 Å². The number of pyridine rings is 1. The number of halogens is 3. The van der Waals surface area contributed by atoms with Crippen LogP contribution in [0.3, 0.4) is 0 Å². The van der Waals surface area contributed by atoms with Crippen LogP contribution in [-0.2, 0) is 16.1 Å². The molecule has 3 aromatic heterocycles. The van der Waals surface area contributed by atoms with Crippen LogP contribution in [0.1, 0.15) is 6.92 Å². The highest BCUT2D eigenvalue weighted by molar-refractivity contribution is 14.1. The molecule has 0 saturated heterocycles. The van der Waals surface area contributed by atoms with Gasteiger partial charge in [0.05, 0.1) is 41.7 Å². The molecule has 2 aromatic carbocycles. The fourth-order valence-corrected chi connectivity index (χ4v) is 6.87. The lowest BCUT2D eigenvalue weighted by Crippen LogP contribution is -2.36. The van der Waals surface area contributed by atoms with Crippen LogP contribution < -0.4 is 15.0 Å². The number of hydrogen-bond donors (Lipinski definition) is 2. The van der Waals surface area contributed by atoms with E-state index in [1.54, 1.807) is 53.6 Å². The summed E-state index contributed by atoms with van der Waals surface area (Å²) in [5.74, 6) is -0.683. The van der Waals surface area contributed by atoms with E-state index < -0.39 is 15.8 Å². The number of aliphatic hydroxyl groups is 1. The van der Waals surface area contributed by atoms with E-state index in [-0.39, 0.29) is 23.9 Å². The maximum atomic E-state index is 15.4. The van der Waals surface area contributed by atoms with E-state index in [1.165, 1.54) is 35.6 Å². The van der Waals surface area contributed by atoms with Crippen molar-refractivity contribution in [3.05, 3.63) is 108 Å². The Morgan fingerprint density at radius 2 is 1.96 bits per heavy atom. The number of nitrogens with zero attached hydrogens (tertiary/aromatic N) is 4. The molecule has 0 bridgehead atoms. The van der Waals surface area contributed by atoms with Crippen molar-refractivity contribution >= 4 is 61.4 Å². The first-order chi connectivity index (χ1) is 21.8. The van der Waals surface area contributed by atoms with Crippen molar-refractivity contribution in [2.24, 2.45) is 0 Å². The van der Waals surface area contributed by atoms with E-state index in [9.17, 15) is 14.3 Å². The van der Waals surface area contributed by atoms with Crippen molar-refractivity contribution in [1.82, 2.24) is 14.8 Å². The van der Waals surface area contributed by atoms with Crippen LogP contribution in [0.2, 0.25) is 0 Å². The Hall–Kier alpha value is -4.34. The maximum Gasteiger partial charge on any atom is 0.258 e. The fourth-order valence-electron chi connectivity index (χ4n) is 4.73. The normalized spacial score (nSPS) is 14.7. The molecule has 4 heterocycles. The quantitative estimate of drug-likeness (QED) is 0.0884. The summed E-state index contributed by atoms with van der Waals surface area (Å²) in [7, 11) is 0. The minimum Gasteiger partial charge on any atom is -0.493 e. The zero-order valence-corrected chi connectivity index (χ0v) is 26.8. The van der Waals surface area contributed by atoms with Gasteiger partial charge in [-0.3, -0.25) is 14.5 Å². The monoisotopic (exact) mass is 741 g/mol. The first-order valence-electron chi connectivity index (χ1n) is 13.9. The van der Waals surface area contributed by atoms with Crippen LogP contribution in [0.15, 0.2) is 96.8 Å². The van der Waals surface area contributed by atoms with Gasteiger partial charge in [0.1, 0.15) is 21.4 Å². The summed E-state index contributed by atoms with van der Waals surface area (Å²) in [6.07, 6.45) is 8.60. The number of carbonyl (C=O) groups excluding carboxylic acids is 1. The van der Waals surface area contributed by atoms with Crippen LogP contribution >= 0.6 is 33.9 Å². The van der Waals surface area contributed by atoms with Gasteiger partial charge < -0.3 is 24.8 Å². The molecule has 0 radical (unpaired) electrons. The highest BCUT2D eigenvalue weighted by Gasteiger charge is 2.31. The number of thiophene rings is 1. The molecule has 6 rings (SSSR count). The number of hydrogen-bond acceptors (Lipinski definition) is 8.